The van der Waals surface area contributed by atoms with Crippen LogP contribution in [0.15, 0.2) is 0 Å². The molecular weight excluding hydrogens is 335 g/mol. The molecule has 1 amide bonds. The number of β-lactam (4-membered cyclic amide) rings is 1. The van der Waals surface area contributed by atoms with E-state index in [9.17, 15) is 9.59 Å². The molecule has 19 heavy (non-hydrogen) atoms. The van der Waals surface area contributed by atoms with Gasteiger partial charge in [-0.3, -0.25) is 4.79 Å². The van der Waals surface area contributed by atoms with Gasteiger partial charge in [0.2, 0.25) is 9.70 Å². The highest BCUT2D eigenvalue weighted by molar-refractivity contribution is 8.02. The lowest BCUT2D eigenvalue weighted by atomic mass is 10.0. The van der Waals surface area contributed by atoms with Crippen molar-refractivity contribution in [2.75, 3.05) is 6.61 Å². The highest BCUT2D eigenvalue weighted by Crippen LogP contribution is 2.71. The fourth-order valence-corrected chi connectivity index (χ4v) is 4.88. The van der Waals surface area contributed by atoms with Crippen LogP contribution in [0.4, 0.5) is 0 Å². The van der Waals surface area contributed by atoms with Crippen LogP contribution in [0.2, 0.25) is 0 Å². The summed E-state index contributed by atoms with van der Waals surface area (Å²) in [7, 11) is 0. The second-order valence-corrected chi connectivity index (χ2v) is 9.34. The Hall–Kier alpha value is 0.120. The van der Waals surface area contributed by atoms with Crippen LogP contribution in [0.1, 0.15) is 13.3 Å². The Balaban J connectivity index is 1.78. The molecule has 1 saturated carbocycles. The summed E-state index contributed by atoms with van der Waals surface area (Å²) in [5.74, 6) is -0.735. The maximum atomic E-state index is 12.3. The quantitative estimate of drug-likeness (QED) is 0.460. The lowest BCUT2D eigenvalue weighted by Crippen LogP contribution is -2.70. The Labute approximate surface area is 129 Å². The van der Waals surface area contributed by atoms with Crippen molar-refractivity contribution in [3.8, 4) is 0 Å². The van der Waals surface area contributed by atoms with Crippen LogP contribution in [0, 0.1) is 0 Å². The predicted molar refractivity (Wildman–Crippen MR) is 73.2 cm³/mol. The minimum absolute atomic E-state index is 0.147. The molecule has 2 saturated heterocycles. The van der Waals surface area contributed by atoms with Crippen molar-refractivity contribution in [3.63, 3.8) is 0 Å². The highest BCUT2D eigenvalue weighted by Gasteiger charge is 2.84. The van der Waals surface area contributed by atoms with Crippen LogP contribution in [0.5, 0.6) is 0 Å². The van der Waals surface area contributed by atoms with Gasteiger partial charge in [-0.25, -0.2) is 4.79 Å². The Morgan fingerprint density at radius 3 is 2.84 bits per heavy atom. The summed E-state index contributed by atoms with van der Waals surface area (Å²) in [6, 6.07) is -0.535. The number of nitrogens with zero attached hydrogens (tertiary/aromatic N) is 1. The number of ether oxygens (including phenoxy) is 1. The van der Waals surface area contributed by atoms with E-state index < -0.39 is 21.3 Å². The maximum absolute atomic E-state index is 12.3. The number of thioether (sulfide) groups is 1. The third-order valence-electron chi connectivity index (χ3n) is 3.92. The van der Waals surface area contributed by atoms with Crippen molar-refractivity contribution in [3.05, 3.63) is 0 Å². The summed E-state index contributed by atoms with van der Waals surface area (Å²) in [6.07, 6.45) is 0.554. The molecule has 0 aromatic rings. The molecule has 5 nitrogen and oxygen atoms in total. The lowest BCUT2D eigenvalue weighted by molar-refractivity contribution is -0.165. The highest BCUT2D eigenvalue weighted by atomic mass is 35.6. The largest absolute Gasteiger partial charge is 0.459 e. The fraction of sp³-hybridized carbons (Fsp3) is 0.800. The molecule has 0 aromatic carbocycles. The van der Waals surface area contributed by atoms with Gasteiger partial charge >= 0.3 is 5.97 Å². The van der Waals surface area contributed by atoms with Crippen LogP contribution in [-0.2, 0) is 14.3 Å². The molecule has 4 atom stereocenters. The van der Waals surface area contributed by atoms with Gasteiger partial charge in [0.1, 0.15) is 18.0 Å². The summed E-state index contributed by atoms with van der Waals surface area (Å²) in [5, 5.41) is -0.147. The van der Waals surface area contributed by atoms with Gasteiger partial charge in [-0.15, -0.1) is 11.8 Å². The number of amides is 1. The van der Waals surface area contributed by atoms with Crippen molar-refractivity contribution in [2.45, 2.75) is 38.8 Å². The summed E-state index contributed by atoms with van der Waals surface area (Å²) in [6.45, 7) is 1.59. The second kappa shape index (κ2) is 3.85. The zero-order valence-corrected chi connectivity index (χ0v) is 12.9. The van der Waals surface area contributed by atoms with Crippen LogP contribution in [0.25, 0.3) is 0 Å². The van der Waals surface area contributed by atoms with Crippen LogP contribution in [-0.4, -0.2) is 48.9 Å². The molecule has 3 fully saturated rings. The number of halogens is 3. The molecule has 106 valence electrons. The van der Waals surface area contributed by atoms with Gasteiger partial charge < -0.3 is 15.4 Å². The number of nitrogens with two attached hydrogens (primary N) is 1. The smallest absolute Gasteiger partial charge is 0.333 e. The maximum Gasteiger partial charge on any atom is 0.333 e. The summed E-state index contributed by atoms with van der Waals surface area (Å²) >= 11 is 18.2. The van der Waals surface area contributed by atoms with Gasteiger partial charge in [0.05, 0.1) is 4.75 Å². The van der Waals surface area contributed by atoms with Crippen LogP contribution >= 0.6 is 46.6 Å². The van der Waals surface area contributed by atoms with Crippen LogP contribution < -0.4 is 5.73 Å². The van der Waals surface area contributed by atoms with Crippen molar-refractivity contribution in [1.82, 2.24) is 4.90 Å². The zero-order chi connectivity index (χ0) is 14.2. The molecule has 2 N–H and O–H groups in total. The van der Waals surface area contributed by atoms with Gasteiger partial charge in [0.15, 0.2) is 5.54 Å². The molecule has 0 spiro atoms. The SMILES string of the molecule is CC12CC1(C(=O)OCC(Cl)(Cl)Cl)N1C(=O)C(N)[C@H]1S2. The first-order valence-electron chi connectivity index (χ1n) is 5.63. The first-order valence-corrected chi connectivity index (χ1v) is 7.64. The van der Waals surface area contributed by atoms with E-state index in [2.05, 4.69) is 0 Å². The monoisotopic (exact) mass is 344 g/mol. The van der Waals surface area contributed by atoms with E-state index in [1.807, 2.05) is 6.92 Å². The van der Waals surface area contributed by atoms with E-state index >= 15 is 0 Å². The first kappa shape index (κ1) is 14.1. The minimum Gasteiger partial charge on any atom is -0.459 e. The number of hydrogen-bond donors (Lipinski definition) is 1. The number of carbonyl (C=O) groups excluding carboxylic acids is 2. The molecular formula is C10H11Cl3N2O3S. The number of alkyl halides is 3. The second-order valence-electron chi connectivity index (χ2n) is 5.20. The molecule has 1 aliphatic carbocycles. The fourth-order valence-electron chi connectivity index (χ4n) is 2.86. The lowest BCUT2D eigenvalue weighted by Gasteiger charge is -2.44. The summed E-state index contributed by atoms with van der Waals surface area (Å²) < 4.78 is 3.06. The van der Waals surface area contributed by atoms with E-state index in [4.69, 9.17) is 45.3 Å². The van der Waals surface area contributed by atoms with Crippen molar-refractivity contribution < 1.29 is 14.3 Å². The normalized spacial score (nSPS) is 43.4. The van der Waals surface area contributed by atoms with E-state index in [1.54, 1.807) is 11.8 Å². The van der Waals surface area contributed by atoms with Gasteiger partial charge in [-0.05, 0) is 6.92 Å². The molecule has 2 heterocycles. The molecule has 0 bridgehead atoms. The topological polar surface area (TPSA) is 72.6 Å². The van der Waals surface area contributed by atoms with Gasteiger partial charge in [0, 0.05) is 6.42 Å². The Morgan fingerprint density at radius 1 is 1.63 bits per heavy atom. The number of carbonyl (C=O) groups is 2. The third-order valence-corrected chi connectivity index (χ3v) is 6.00. The molecule has 3 rings (SSSR count). The van der Waals surface area contributed by atoms with E-state index in [0.717, 1.165) is 0 Å². The minimum atomic E-state index is -1.65. The molecule has 0 radical (unpaired) electrons. The first-order chi connectivity index (χ1) is 8.62. The Bertz CT molecular complexity index is 485. The average molecular weight is 346 g/mol. The predicted octanol–water partition coefficient (Wildman–Crippen LogP) is 1.04. The van der Waals surface area contributed by atoms with E-state index in [0.29, 0.717) is 6.42 Å². The van der Waals surface area contributed by atoms with Crippen molar-refractivity contribution >= 4 is 58.4 Å². The number of fused-ring (bicyclic) bond motifs is 3. The molecule has 3 unspecified atom stereocenters. The summed E-state index contributed by atoms with van der Waals surface area (Å²) in [4.78, 5) is 25.6. The zero-order valence-electron chi connectivity index (χ0n) is 9.86. The number of esters is 1. The molecule has 0 aromatic heterocycles. The van der Waals surface area contributed by atoms with Crippen LogP contribution in [0.3, 0.4) is 0 Å². The third kappa shape index (κ3) is 1.73. The molecule has 2 aliphatic heterocycles. The van der Waals surface area contributed by atoms with Gasteiger partial charge in [-0.1, -0.05) is 34.8 Å². The van der Waals surface area contributed by atoms with Gasteiger partial charge in [0.25, 0.3) is 0 Å². The number of hydrogen-bond acceptors (Lipinski definition) is 5. The summed E-state index contributed by atoms with van der Waals surface area (Å²) in [5.41, 5.74) is 4.80. The van der Waals surface area contributed by atoms with Gasteiger partial charge in [-0.2, -0.15) is 0 Å². The van der Waals surface area contributed by atoms with Crippen molar-refractivity contribution in [2.24, 2.45) is 5.73 Å². The average Bonchev–Trinajstić information content (AvgIpc) is 2.84. The Kier molecular flexibility index (Phi) is 2.86. The van der Waals surface area contributed by atoms with Crippen molar-refractivity contribution in [1.29, 1.82) is 0 Å². The van der Waals surface area contributed by atoms with E-state index in [-0.39, 0.29) is 22.6 Å². The standard InChI is InChI=1S/C10H11Cl3N2O3S/c1-8-2-9(8,7(17)18-3-10(11,12)13)15-5(16)4(14)6(15)19-8/h4,6H,2-3,14H2,1H3/t4?,6-,8?,9?/m1/s1. The molecule has 9 heteroatoms. The Morgan fingerprint density at radius 2 is 2.26 bits per heavy atom. The van der Waals surface area contributed by atoms with E-state index in [1.165, 1.54) is 4.90 Å². The molecule has 3 aliphatic rings. The number of rotatable bonds is 2.